The highest BCUT2D eigenvalue weighted by molar-refractivity contribution is 5.97. The van der Waals surface area contributed by atoms with E-state index in [1.807, 2.05) is 12.1 Å². The van der Waals surface area contributed by atoms with Gasteiger partial charge in [0.2, 0.25) is 5.91 Å². The molecule has 178 valence electrons. The second-order valence-electron chi connectivity index (χ2n) is 8.13. The van der Waals surface area contributed by atoms with Gasteiger partial charge in [-0.05, 0) is 68.3 Å². The Balaban J connectivity index is 1.53. The third-order valence-electron chi connectivity index (χ3n) is 5.49. The lowest BCUT2D eigenvalue weighted by Gasteiger charge is -2.26. The average Bonchev–Trinajstić information content (AvgIpc) is 2.80. The number of hydrogen-bond acceptors (Lipinski definition) is 6. The normalized spacial score (nSPS) is 14.6. The van der Waals surface area contributed by atoms with Crippen molar-refractivity contribution in [3.63, 3.8) is 0 Å². The Kier molecular flexibility index (Phi) is 8.76. The molecule has 2 aromatic carbocycles. The number of rotatable bonds is 8. The fraction of sp³-hybridized carbons (Fsp3) is 0.320. The van der Waals surface area contributed by atoms with Crippen LogP contribution in [-0.4, -0.2) is 52.8 Å². The van der Waals surface area contributed by atoms with Crippen LogP contribution in [0.25, 0.3) is 0 Å². The van der Waals surface area contributed by atoms with Crippen molar-refractivity contribution in [1.82, 2.24) is 16.1 Å². The predicted octanol–water partition coefficient (Wildman–Crippen LogP) is 1.15. The van der Waals surface area contributed by atoms with E-state index >= 15 is 0 Å². The Morgan fingerprint density at radius 1 is 1.00 bits per heavy atom. The molecule has 0 aliphatic heterocycles. The van der Waals surface area contributed by atoms with Crippen molar-refractivity contribution < 1.29 is 24.7 Å². The molecule has 1 saturated carbocycles. The molecule has 3 amide bonds. The second-order valence-corrected chi connectivity index (χ2v) is 8.13. The van der Waals surface area contributed by atoms with Gasteiger partial charge in [0, 0.05) is 28.4 Å². The summed E-state index contributed by atoms with van der Waals surface area (Å²) in [6, 6.07) is 12.8. The lowest BCUT2D eigenvalue weighted by atomic mass is 9.93. The van der Waals surface area contributed by atoms with Gasteiger partial charge in [0.05, 0.1) is 12.6 Å². The molecule has 0 radical (unpaired) electrons. The summed E-state index contributed by atoms with van der Waals surface area (Å²) in [5.74, 6) is 4.46. The summed E-state index contributed by atoms with van der Waals surface area (Å²) in [4.78, 5) is 35.9. The number of benzene rings is 2. The van der Waals surface area contributed by atoms with Crippen molar-refractivity contribution in [3.05, 3.63) is 65.2 Å². The molecule has 0 aromatic heterocycles. The quantitative estimate of drug-likeness (QED) is 0.197. The van der Waals surface area contributed by atoms with E-state index < -0.39 is 24.0 Å². The summed E-state index contributed by atoms with van der Waals surface area (Å²) >= 11 is 0. The van der Waals surface area contributed by atoms with E-state index in [1.165, 1.54) is 18.8 Å². The molecule has 0 spiro atoms. The van der Waals surface area contributed by atoms with Crippen LogP contribution in [0.1, 0.15) is 47.7 Å². The molecule has 9 heteroatoms. The molecule has 0 bridgehead atoms. The number of carbonyl (C=O) groups excluding carboxylic acids is 3. The van der Waals surface area contributed by atoms with Crippen LogP contribution < -0.4 is 21.4 Å². The summed E-state index contributed by atoms with van der Waals surface area (Å²) in [6.07, 6.45) is 2.29. The number of carbonyl (C=O) groups is 3. The van der Waals surface area contributed by atoms with E-state index in [0.717, 1.165) is 18.4 Å². The topological polar surface area (TPSA) is 140 Å². The highest BCUT2D eigenvalue weighted by atomic mass is 16.5. The molecule has 1 fully saturated rings. The van der Waals surface area contributed by atoms with E-state index in [-0.39, 0.29) is 11.5 Å². The van der Waals surface area contributed by atoms with Gasteiger partial charge in [0.1, 0.15) is 6.04 Å². The molecule has 1 aliphatic carbocycles. The van der Waals surface area contributed by atoms with Crippen LogP contribution in [0, 0.1) is 11.8 Å². The van der Waals surface area contributed by atoms with Crippen LogP contribution in [0.3, 0.4) is 0 Å². The van der Waals surface area contributed by atoms with Gasteiger partial charge in [-0.1, -0.05) is 18.3 Å². The highest BCUT2D eigenvalue weighted by Gasteiger charge is 2.25. The molecule has 2 aromatic rings. The minimum atomic E-state index is -1.29. The fourth-order valence-electron chi connectivity index (χ4n) is 3.24. The van der Waals surface area contributed by atoms with Crippen LogP contribution in [0.4, 0.5) is 5.69 Å². The number of aliphatic hydroxyl groups is 1. The first-order valence-corrected chi connectivity index (χ1v) is 11.0. The van der Waals surface area contributed by atoms with E-state index in [0.29, 0.717) is 23.8 Å². The van der Waals surface area contributed by atoms with Gasteiger partial charge in [0.15, 0.2) is 0 Å². The zero-order valence-electron chi connectivity index (χ0n) is 18.8. The third-order valence-corrected chi connectivity index (χ3v) is 5.49. The fourth-order valence-corrected chi connectivity index (χ4v) is 3.24. The smallest absolute Gasteiger partial charge is 0.268 e. The van der Waals surface area contributed by atoms with Gasteiger partial charge < -0.3 is 21.1 Å². The number of hydroxylamine groups is 1. The Morgan fingerprint density at radius 2 is 1.59 bits per heavy atom. The van der Waals surface area contributed by atoms with E-state index in [4.69, 9.17) is 5.21 Å². The van der Waals surface area contributed by atoms with E-state index in [1.54, 1.807) is 36.4 Å². The van der Waals surface area contributed by atoms with Crippen LogP contribution in [-0.2, 0) is 9.59 Å². The molecule has 6 N–H and O–H groups in total. The molecular weight excluding hydrogens is 436 g/mol. The summed E-state index contributed by atoms with van der Waals surface area (Å²) in [5.41, 5.74) is 3.83. The third kappa shape index (κ3) is 7.15. The van der Waals surface area contributed by atoms with Crippen molar-refractivity contribution in [2.45, 2.75) is 44.4 Å². The van der Waals surface area contributed by atoms with Crippen LogP contribution in [0.2, 0.25) is 0 Å². The molecule has 9 nitrogen and oxygen atoms in total. The number of hydrogen-bond donors (Lipinski definition) is 6. The SMILES string of the molecule is C[C@@H](O)[C@H](NC(=O)c1ccc(C#Cc2ccc(NC(=O)CNC3CCC3)cc2)cc1)C(=O)NO. The number of aliphatic hydroxyl groups excluding tert-OH is 1. The van der Waals surface area contributed by atoms with Crippen molar-refractivity contribution in [1.29, 1.82) is 0 Å². The summed E-state index contributed by atoms with van der Waals surface area (Å²) in [7, 11) is 0. The minimum absolute atomic E-state index is 0.0772. The van der Waals surface area contributed by atoms with Crippen LogP contribution in [0.5, 0.6) is 0 Å². The van der Waals surface area contributed by atoms with Crippen LogP contribution in [0.15, 0.2) is 48.5 Å². The van der Waals surface area contributed by atoms with Crippen molar-refractivity contribution in [3.8, 4) is 11.8 Å². The van der Waals surface area contributed by atoms with Crippen molar-refractivity contribution in [2.24, 2.45) is 0 Å². The van der Waals surface area contributed by atoms with Gasteiger partial charge in [-0.3, -0.25) is 19.6 Å². The van der Waals surface area contributed by atoms with Gasteiger partial charge >= 0.3 is 0 Å². The highest BCUT2D eigenvalue weighted by Crippen LogP contribution is 2.17. The van der Waals surface area contributed by atoms with Gasteiger partial charge in [0.25, 0.3) is 11.8 Å². The summed E-state index contributed by atoms with van der Waals surface area (Å²) < 4.78 is 0. The maximum atomic E-state index is 12.3. The predicted molar refractivity (Wildman–Crippen MR) is 126 cm³/mol. The lowest BCUT2D eigenvalue weighted by molar-refractivity contribution is -0.133. The second kappa shape index (κ2) is 12.0. The molecule has 2 atom stereocenters. The van der Waals surface area contributed by atoms with Crippen molar-refractivity contribution in [2.75, 3.05) is 11.9 Å². The Labute approximate surface area is 197 Å². The maximum absolute atomic E-state index is 12.3. The molecule has 0 unspecified atom stereocenters. The summed E-state index contributed by atoms with van der Waals surface area (Å²) in [5, 5.41) is 26.8. The van der Waals surface area contributed by atoms with Gasteiger partial charge in [-0.25, -0.2) is 5.48 Å². The van der Waals surface area contributed by atoms with Gasteiger partial charge in [-0.15, -0.1) is 0 Å². The van der Waals surface area contributed by atoms with Crippen LogP contribution >= 0.6 is 0 Å². The Hall–Kier alpha value is -3.71. The Bertz CT molecular complexity index is 1070. The molecule has 0 saturated heterocycles. The van der Waals surface area contributed by atoms with E-state index in [2.05, 4.69) is 27.8 Å². The first-order valence-electron chi connectivity index (χ1n) is 11.0. The average molecular weight is 465 g/mol. The largest absolute Gasteiger partial charge is 0.391 e. The molecule has 34 heavy (non-hydrogen) atoms. The monoisotopic (exact) mass is 464 g/mol. The summed E-state index contributed by atoms with van der Waals surface area (Å²) in [6.45, 7) is 1.63. The number of anilines is 1. The minimum Gasteiger partial charge on any atom is -0.391 e. The molecule has 0 heterocycles. The van der Waals surface area contributed by atoms with Gasteiger partial charge in [-0.2, -0.15) is 0 Å². The standard InChI is InChI=1S/C25H28N4O5/c1-16(30)23(25(33)29-34)28-24(32)19-11-7-17(8-12-19)5-6-18-9-13-21(14-10-18)27-22(31)15-26-20-3-2-4-20/h7-14,16,20,23,26,30,34H,2-4,15H2,1H3,(H,27,31)(H,28,32)(H,29,33)/t16-,23+/m1/s1. The zero-order chi connectivity index (χ0) is 24.5. The lowest BCUT2D eigenvalue weighted by Crippen LogP contribution is -2.51. The molecular formula is C25H28N4O5. The number of amides is 3. The first-order chi connectivity index (χ1) is 16.4. The first kappa shape index (κ1) is 24.9. The molecule has 3 rings (SSSR count). The molecule has 1 aliphatic rings. The van der Waals surface area contributed by atoms with E-state index in [9.17, 15) is 19.5 Å². The number of nitrogens with one attached hydrogen (secondary N) is 4. The Morgan fingerprint density at radius 3 is 2.09 bits per heavy atom. The maximum Gasteiger partial charge on any atom is 0.268 e. The zero-order valence-corrected chi connectivity index (χ0v) is 18.8. The van der Waals surface area contributed by atoms with Crippen molar-refractivity contribution >= 4 is 23.4 Å².